The topological polar surface area (TPSA) is 54.4 Å². The van der Waals surface area contributed by atoms with Gasteiger partial charge in [0.1, 0.15) is 0 Å². The van der Waals surface area contributed by atoms with Crippen LogP contribution < -0.4 is 0 Å². The summed E-state index contributed by atoms with van der Waals surface area (Å²) in [7, 11) is -3.15. The molecule has 0 heterocycles. The average Bonchev–Trinajstić information content (AvgIpc) is 2.15. The molecule has 0 aromatic heterocycles. The lowest BCUT2D eigenvalue weighted by molar-refractivity contribution is 0.127. The highest BCUT2D eigenvalue weighted by Crippen LogP contribution is 2.22. The van der Waals surface area contributed by atoms with Crippen LogP contribution >= 0.6 is 0 Å². The Morgan fingerprint density at radius 1 is 1.13 bits per heavy atom. The van der Waals surface area contributed by atoms with Gasteiger partial charge in [0.2, 0.25) is 0 Å². The largest absolute Gasteiger partial charge is 0.388 e. The van der Waals surface area contributed by atoms with Crippen LogP contribution in [0.5, 0.6) is 0 Å². The van der Waals surface area contributed by atoms with Crippen LogP contribution in [0.25, 0.3) is 0 Å². The molecule has 1 unspecified atom stereocenters. The number of benzene rings is 1. The highest BCUT2D eigenvalue weighted by Gasteiger charge is 2.13. The molecule has 0 fully saturated rings. The van der Waals surface area contributed by atoms with Crippen molar-refractivity contribution in [1.29, 1.82) is 0 Å². The predicted molar refractivity (Wildman–Crippen MR) is 59.3 cm³/mol. The lowest BCUT2D eigenvalue weighted by atomic mass is 9.99. The number of hydrogen-bond acceptors (Lipinski definition) is 3. The average molecular weight is 228 g/mol. The molecule has 0 bridgehead atoms. The minimum atomic E-state index is -3.15. The van der Waals surface area contributed by atoms with Crippen LogP contribution in [0.2, 0.25) is 0 Å². The van der Waals surface area contributed by atoms with Crippen molar-refractivity contribution in [3.63, 3.8) is 0 Å². The Kier molecular flexibility index (Phi) is 3.52. The molecule has 0 radical (unpaired) electrons. The van der Waals surface area contributed by atoms with Crippen LogP contribution in [0.3, 0.4) is 0 Å². The standard InChI is InChI=1S/C11H16O3S/c1-8(2)11(12)9-4-6-10(7-5-9)15(3,13)14/h4-8,11-12H,1-3H3. The van der Waals surface area contributed by atoms with Gasteiger partial charge >= 0.3 is 0 Å². The Bertz CT molecular complexity index is 418. The van der Waals surface area contributed by atoms with Crippen LogP contribution in [0, 0.1) is 5.92 Å². The van der Waals surface area contributed by atoms with Gasteiger partial charge in [0, 0.05) is 6.26 Å². The first-order valence-corrected chi connectivity index (χ1v) is 6.69. The van der Waals surface area contributed by atoms with Crippen molar-refractivity contribution >= 4 is 9.84 Å². The van der Waals surface area contributed by atoms with Gasteiger partial charge < -0.3 is 5.11 Å². The Hall–Kier alpha value is -0.870. The van der Waals surface area contributed by atoms with Gasteiger partial charge in [0.05, 0.1) is 11.0 Å². The number of rotatable bonds is 3. The van der Waals surface area contributed by atoms with Crippen LogP contribution in [-0.2, 0) is 9.84 Å². The minimum absolute atomic E-state index is 0.120. The zero-order chi connectivity index (χ0) is 11.6. The van der Waals surface area contributed by atoms with Crippen molar-refractivity contribution in [3.8, 4) is 0 Å². The van der Waals surface area contributed by atoms with Gasteiger partial charge in [-0.1, -0.05) is 26.0 Å². The van der Waals surface area contributed by atoms with E-state index in [0.29, 0.717) is 0 Å². The van der Waals surface area contributed by atoms with Gasteiger partial charge in [0.15, 0.2) is 9.84 Å². The quantitative estimate of drug-likeness (QED) is 0.858. The Morgan fingerprint density at radius 3 is 1.93 bits per heavy atom. The molecular weight excluding hydrogens is 212 g/mol. The molecular formula is C11H16O3S. The van der Waals surface area contributed by atoms with Crippen molar-refractivity contribution in [3.05, 3.63) is 29.8 Å². The predicted octanol–water partition coefficient (Wildman–Crippen LogP) is 1.78. The third-order valence-electron chi connectivity index (χ3n) is 2.28. The second-order valence-electron chi connectivity index (χ2n) is 4.03. The van der Waals surface area contributed by atoms with E-state index >= 15 is 0 Å². The minimum Gasteiger partial charge on any atom is -0.388 e. The molecule has 0 saturated carbocycles. The molecule has 1 N–H and O–H groups in total. The van der Waals surface area contributed by atoms with Crippen LogP contribution in [0.15, 0.2) is 29.2 Å². The first kappa shape index (κ1) is 12.2. The SMILES string of the molecule is CC(C)C(O)c1ccc(S(C)(=O)=O)cc1. The van der Waals surface area contributed by atoms with E-state index in [1.54, 1.807) is 12.1 Å². The van der Waals surface area contributed by atoms with Crippen molar-refractivity contribution in [2.75, 3.05) is 6.26 Å². The summed E-state index contributed by atoms with van der Waals surface area (Å²) in [5.74, 6) is 0.120. The molecule has 1 aromatic rings. The van der Waals surface area contributed by atoms with E-state index in [1.165, 1.54) is 18.4 Å². The molecule has 0 aliphatic rings. The number of aliphatic hydroxyl groups excluding tert-OH is 1. The Balaban J connectivity index is 3.01. The van der Waals surface area contributed by atoms with Crippen LogP contribution in [0.4, 0.5) is 0 Å². The molecule has 0 saturated heterocycles. The van der Waals surface area contributed by atoms with E-state index < -0.39 is 15.9 Å². The summed E-state index contributed by atoms with van der Waals surface area (Å²) >= 11 is 0. The van der Waals surface area contributed by atoms with Gasteiger partial charge in [-0.25, -0.2) is 8.42 Å². The zero-order valence-corrected chi connectivity index (χ0v) is 9.95. The fraction of sp³-hybridized carbons (Fsp3) is 0.455. The van der Waals surface area contributed by atoms with E-state index in [2.05, 4.69) is 0 Å². The summed E-state index contributed by atoms with van der Waals surface area (Å²) in [6.07, 6.45) is 0.625. The smallest absolute Gasteiger partial charge is 0.175 e. The van der Waals surface area contributed by atoms with E-state index in [9.17, 15) is 13.5 Å². The summed E-state index contributed by atoms with van der Waals surface area (Å²) in [6, 6.07) is 6.36. The highest BCUT2D eigenvalue weighted by atomic mass is 32.2. The van der Waals surface area contributed by atoms with Gasteiger partial charge in [0.25, 0.3) is 0 Å². The lowest BCUT2D eigenvalue weighted by Gasteiger charge is -2.14. The number of sulfone groups is 1. The van der Waals surface area contributed by atoms with Gasteiger partial charge in [-0.2, -0.15) is 0 Å². The molecule has 4 heteroatoms. The van der Waals surface area contributed by atoms with Crippen molar-refractivity contribution in [1.82, 2.24) is 0 Å². The van der Waals surface area contributed by atoms with E-state index in [4.69, 9.17) is 0 Å². The monoisotopic (exact) mass is 228 g/mol. The molecule has 0 amide bonds. The van der Waals surface area contributed by atoms with Crippen molar-refractivity contribution in [2.24, 2.45) is 5.92 Å². The number of hydrogen-bond donors (Lipinski definition) is 1. The van der Waals surface area contributed by atoms with Gasteiger partial charge in [-0.3, -0.25) is 0 Å². The molecule has 3 nitrogen and oxygen atoms in total. The summed E-state index contributed by atoms with van der Waals surface area (Å²) in [5.41, 5.74) is 0.748. The first-order valence-electron chi connectivity index (χ1n) is 4.80. The number of aliphatic hydroxyl groups is 1. The van der Waals surface area contributed by atoms with E-state index in [-0.39, 0.29) is 10.8 Å². The normalized spacial score (nSPS) is 14.2. The molecule has 15 heavy (non-hydrogen) atoms. The molecule has 0 aliphatic carbocycles. The van der Waals surface area contributed by atoms with Crippen molar-refractivity contribution < 1.29 is 13.5 Å². The maximum Gasteiger partial charge on any atom is 0.175 e. The summed E-state index contributed by atoms with van der Waals surface area (Å²) < 4.78 is 22.4. The maximum atomic E-state index is 11.2. The third-order valence-corrected chi connectivity index (χ3v) is 3.41. The Labute approximate surface area is 90.7 Å². The van der Waals surface area contributed by atoms with Crippen LogP contribution in [-0.4, -0.2) is 19.8 Å². The molecule has 0 aliphatic heterocycles. The van der Waals surface area contributed by atoms with Crippen LogP contribution in [0.1, 0.15) is 25.5 Å². The van der Waals surface area contributed by atoms with Gasteiger partial charge in [-0.05, 0) is 23.6 Å². The zero-order valence-electron chi connectivity index (χ0n) is 9.14. The Morgan fingerprint density at radius 2 is 1.60 bits per heavy atom. The van der Waals surface area contributed by atoms with E-state index in [0.717, 1.165) is 5.56 Å². The fourth-order valence-corrected chi connectivity index (χ4v) is 1.93. The fourth-order valence-electron chi connectivity index (χ4n) is 1.30. The van der Waals surface area contributed by atoms with E-state index in [1.807, 2.05) is 13.8 Å². The molecule has 84 valence electrons. The van der Waals surface area contributed by atoms with Gasteiger partial charge in [-0.15, -0.1) is 0 Å². The maximum absolute atomic E-state index is 11.2. The second kappa shape index (κ2) is 4.33. The molecule has 0 spiro atoms. The second-order valence-corrected chi connectivity index (χ2v) is 6.05. The lowest BCUT2D eigenvalue weighted by Crippen LogP contribution is -2.05. The van der Waals surface area contributed by atoms with Crippen molar-refractivity contribution in [2.45, 2.75) is 24.8 Å². The summed E-state index contributed by atoms with van der Waals surface area (Å²) in [4.78, 5) is 0.280. The highest BCUT2D eigenvalue weighted by molar-refractivity contribution is 7.90. The summed E-state index contributed by atoms with van der Waals surface area (Å²) in [6.45, 7) is 3.82. The molecule has 1 atom stereocenters. The molecule has 1 aromatic carbocycles. The third kappa shape index (κ3) is 3.04. The summed E-state index contributed by atoms with van der Waals surface area (Å²) in [5, 5.41) is 9.74. The first-order chi connectivity index (χ1) is 6.82. The molecule has 1 rings (SSSR count).